The molecule has 0 radical (unpaired) electrons. The highest BCUT2D eigenvalue weighted by Crippen LogP contribution is 2.33. The van der Waals surface area contributed by atoms with Crippen molar-refractivity contribution in [2.75, 3.05) is 13.6 Å². The van der Waals surface area contributed by atoms with Crippen LogP contribution in [-0.4, -0.2) is 31.2 Å². The van der Waals surface area contributed by atoms with Crippen LogP contribution in [0.2, 0.25) is 0 Å². The lowest BCUT2D eigenvalue weighted by Crippen LogP contribution is -2.44. The Morgan fingerprint density at radius 1 is 1.57 bits per heavy atom. The highest BCUT2D eigenvalue weighted by molar-refractivity contribution is 5.80. The van der Waals surface area contributed by atoms with Gasteiger partial charge >= 0.3 is 0 Å². The molecule has 1 atom stereocenters. The fraction of sp³-hybridized carbons (Fsp3) is 0.900. The maximum absolute atomic E-state index is 11.3. The number of nitrogens with two attached hydrogens (primary N) is 1. The summed E-state index contributed by atoms with van der Waals surface area (Å²) in [6.07, 6.45) is 3.85. The van der Waals surface area contributed by atoms with E-state index in [0.717, 1.165) is 25.7 Å². The topological polar surface area (TPSA) is 64.3 Å². The Bertz CT molecular complexity index is 200. The smallest absolute Gasteiger partial charge is 0.248 e. The number of rotatable bonds is 4. The fourth-order valence-electron chi connectivity index (χ4n) is 2.02. The van der Waals surface area contributed by atoms with Gasteiger partial charge in [0.15, 0.2) is 0 Å². The summed E-state index contributed by atoms with van der Waals surface area (Å²) in [5.74, 6) is -0.0790. The molecule has 82 valence electrons. The highest BCUT2D eigenvalue weighted by atomic mass is 16.5. The van der Waals surface area contributed by atoms with Crippen LogP contribution in [0.1, 0.15) is 32.6 Å². The fourth-order valence-corrected chi connectivity index (χ4v) is 2.02. The molecular formula is C10H20N2O2. The summed E-state index contributed by atoms with van der Waals surface area (Å²) in [6, 6.07) is 0. The zero-order valence-corrected chi connectivity index (χ0v) is 9.01. The standard InChI is InChI=1S/C10H20N2O2/c1-8(9(13)12-2)14-10(7-11)5-3-4-6-10/h8H,3-7,11H2,1-2H3,(H,12,13). The first kappa shape index (κ1) is 11.5. The highest BCUT2D eigenvalue weighted by Gasteiger charge is 2.36. The molecule has 1 amide bonds. The van der Waals surface area contributed by atoms with Gasteiger partial charge in [0, 0.05) is 13.6 Å². The van der Waals surface area contributed by atoms with E-state index in [0.29, 0.717) is 6.54 Å². The van der Waals surface area contributed by atoms with Gasteiger partial charge in [0.1, 0.15) is 6.10 Å². The Labute approximate surface area is 85.2 Å². The molecule has 0 spiro atoms. The van der Waals surface area contributed by atoms with E-state index in [9.17, 15) is 4.79 Å². The van der Waals surface area contributed by atoms with E-state index < -0.39 is 6.10 Å². The summed E-state index contributed by atoms with van der Waals surface area (Å²) in [4.78, 5) is 11.3. The minimum Gasteiger partial charge on any atom is -0.361 e. The maximum atomic E-state index is 11.3. The summed E-state index contributed by atoms with van der Waals surface area (Å²) in [6.45, 7) is 2.28. The van der Waals surface area contributed by atoms with E-state index in [1.807, 2.05) is 0 Å². The number of hydrogen-bond acceptors (Lipinski definition) is 3. The minimum atomic E-state index is -0.401. The molecule has 1 saturated carbocycles. The SMILES string of the molecule is CNC(=O)C(C)OC1(CN)CCCC1. The molecule has 3 N–H and O–H groups in total. The van der Waals surface area contributed by atoms with Crippen LogP contribution in [0.5, 0.6) is 0 Å². The van der Waals surface area contributed by atoms with Crippen LogP contribution in [0.3, 0.4) is 0 Å². The van der Waals surface area contributed by atoms with Crippen molar-refractivity contribution in [1.82, 2.24) is 5.32 Å². The molecule has 1 unspecified atom stereocenters. The number of amides is 1. The molecule has 0 saturated heterocycles. The Kier molecular flexibility index (Phi) is 3.89. The lowest BCUT2D eigenvalue weighted by Gasteiger charge is -2.30. The Balaban J connectivity index is 2.51. The molecule has 0 aromatic heterocycles. The monoisotopic (exact) mass is 200 g/mol. The average Bonchev–Trinajstić information content (AvgIpc) is 2.65. The maximum Gasteiger partial charge on any atom is 0.248 e. The zero-order chi connectivity index (χ0) is 10.6. The van der Waals surface area contributed by atoms with Gasteiger partial charge in [0.05, 0.1) is 5.60 Å². The third-order valence-electron chi connectivity index (χ3n) is 2.93. The molecule has 1 aliphatic rings. The van der Waals surface area contributed by atoms with Crippen LogP contribution >= 0.6 is 0 Å². The van der Waals surface area contributed by atoms with Gasteiger partial charge in [0.25, 0.3) is 0 Å². The molecule has 1 fully saturated rings. The third-order valence-corrected chi connectivity index (χ3v) is 2.93. The van der Waals surface area contributed by atoms with Crippen molar-refractivity contribution >= 4 is 5.91 Å². The summed E-state index contributed by atoms with van der Waals surface area (Å²) in [5, 5.41) is 2.58. The van der Waals surface area contributed by atoms with Crippen molar-refractivity contribution < 1.29 is 9.53 Å². The van der Waals surface area contributed by atoms with Crippen molar-refractivity contribution in [3.05, 3.63) is 0 Å². The molecule has 0 bridgehead atoms. The van der Waals surface area contributed by atoms with E-state index in [-0.39, 0.29) is 11.5 Å². The summed E-state index contributed by atoms with van der Waals surface area (Å²) in [7, 11) is 1.62. The molecule has 14 heavy (non-hydrogen) atoms. The molecular weight excluding hydrogens is 180 g/mol. The number of carbonyl (C=O) groups excluding carboxylic acids is 1. The van der Waals surface area contributed by atoms with Gasteiger partial charge in [0.2, 0.25) is 5.91 Å². The van der Waals surface area contributed by atoms with Crippen LogP contribution in [0.15, 0.2) is 0 Å². The summed E-state index contributed by atoms with van der Waals surface area (Å²) in [5.41, 5.74) is 5.46. The minimum absolute atomic E-state index is 0.0790. The normalized spacial score (nSPS) is 21.9. The second-order valence-corrected chi connectivity index (χ2v) is 3.97. The van der Waals surface area contributed by atoms with E-state index in [4.69, 9.17) is 10.5 Å². The van der Waals surface area contributed by atoms with Crippen LogP contribution in [-0.2, 0) is 9.53 Å². The van der Waals surface area contributed by atoms with Gasteiger partial charge < -0.3 is 15.8 Å². The van der Waals surface area contributed by atoms with E-state index in [1.54, 1.807) is 14.0 Å². The van der Waals surface area contributed by atoms with Crippen LogP contribution in [0.4, 0.5) is 0 Å². The molecule has 0 aliphatic heterocycles. The lowest BCUT2D eigenvalue weighted by molar-refractivity contribution is -0.143. The van der Waals surface area contributed by atoms with Gasteiger partial charge in [-0.15, -0.1) is 0 Å². The van der Waals surface area contributed by atoms with Crippen LogP contribution in [0.25, 0.3) is 0 Å². The number of likely N-dealkylation sites (N-methyl/N-ethyl adjacent to an activating group) is 1. The van der Waals surface area contributed by atoms with E-state index in [2.05, 4.69) is 5.32 Å². The summed E-state index contributed by atoms with van der Waals surface area (Å²) < 4.78 is 5.76. The number of carbonyl (C=O) groups is 1. The predicted octanol–water partition coefficient (Wildman–Crippen LogP) is 0.409. The average molecular weight is 200 g/mol. The molecule has 1 rings (SSSR count). The first-order chi connectivity index (χ1) is 6.63. The second-order valence-electron chi connectivity index (χ2n) is 3.97. The Morgan fingerprint density at radius 3 is 2.57 bits per heavy atom. The zero-order valence-electron chi connectivity index (χ0n) is 9.01. The van der Waals surface area contributed by atoms with Gasteiger partial charge in [-0.3, -0.25) is 4.79 Å². The van der Waals surface area contributed by atoms with E-state index in [1.165, 1.54) is 0 Å². The molecule has 0 aromatic rings. The van der Waals surface area contributed by atoms with Crippen molar-refractivity contribution in [3.63, 3.8) is 0 Å². The molecule has 4 nitrogen and oxygen atoms in total. The number of ether oxygens (including phenoxy) is 1. The number of nitrogens with one attached hydrogen (secondary N) is 1. The van der Waals surface area contributed by atoms with Gasteiger partial charge in [-0.1, -0.05) is 12.8 Å². The first-order valence-corrected chi connectivity index (χ1v) is 5.23. The van der Waals surface area contributed by atoms with Gasteiger partial charge in [-0.25, -0.2) is 0 Å². The molecule has 1 aliphatic carbocycles. The van der Waals surface area contributed by atoms with Crippen molar-refractivity contribution in [1.29, 1.82) is 0 Å². The van der Waals surface area contributed by atoms with Gasteiger partial charge in [-0.05, 0) is 19.8 Å². The largest absolute Gasteiger partial charge is 0.361 e. The van der Waals surface area contributed by atoms with E-state index >= 15 is 0 Å². The number of hydrogen-bond donors (Lipinski definition) is 2. The molecule has 4 heteroatoms. The first-order valence-electron chi connectivity index (χ1n) is 5.23. The quantitative estimate of drug-likeness (QED) is 0.691. The lowest BCUT2D eigenvalue weighted by atomic mass is 10.0. The molecule has 0 aromatic carbocycles. The predicted molar refractivity (Wildman–Crippen MR) is 54.9 cm³/mol. The van der Waals surface area contributed by atoms with Crippen molar-refractivity contribution in [2.45, 2.75) is 44.3 Å². The van der Waals surface area contributed by atoms with Crippen LogP contribution in [0, 0.1) is 0 Å². The van der Waals surface area contributed by atoms with Crippen molar-refractivity contribution in [3.8, 4) is 0 Å². The Morgan fingerprint density at radius 2 is 2.14 bits per heavy atom. The van der Waals surface area contributed by atoms with Gasteiger partial charge in [-0.2, -0.15) is 0 Å². The van der Waals surface area contributed by atoms with Crippen molar-refractivity contribution in [2.24, 2.45) is 5.73 Å². The summed E-state index contributed by atoms with van der Waals surface area (Å²) >= 11 is 0. The third kappa shape index (κ3) is 2.45. The Hall–Kier alpha value is -0.610. The molecule has 0 heterocycles. The van der Waals surface area contributed by atoms with Crippen LogP contribution < -0.4 is 11.1 Å². The second kappa shape index (κ2) is 4.75.